The third-order valence-corrected chi connectivity index (χ3v) is 4.73. The number of morpholine rings is 1. The highest BCUT2D eigenvalue weighted by atomic mass is 32.1. The van der Waals surface area contributed by atoms with Gasteiger partial charge in [-0.05, 0) is 24.6 Å². The van der Waals surface area contributed by atoms with E-state index in [-0.39, 0.29) is 6.04 Å². The normalized spacial score (nSPS) is 17.0. The molecule has 1 aliphatic rings. The Bertz CT molecular complexity index is 611. The maximum absolute atomic E-state index is 5.49. The molecule has 7 heteroatoms. The van der Waals surface area contributed by atoms with Crippen molar-refractivity contribution in [3.8, 4) is 5.75 Å². The van der Waals surface area contributed by atoms with Crippen molar-refractivity contribution in [3.05, 3.63) is 35.7 Å². The lowest BCUT2D eigenvalue weighted by atomic mass is 10.0. The van der Waals surface area contributed by atoms with Gasteiger partial charge in [0.2, 0.25) is 5.13 Å². The topological polar surface area (TPSA) is 59.5 Å². The summed E-state index contributed by atoms with van der Waals surface area (Å²) >= 11 is 1.40. The number of anilines is 1. The molecule has 124 valence electrons. The molecule has 0 aliphatic carbocycles. The summed E-state index contributed by atoms with van der Waals surface area (Å²) in [5.74, 6) is 1.69. The number of benzene rings is 1. The SMILES string of the molecule is COc1ccc([C@@H](CNc2nc(C)ns2)N2CCOCC2)cc1. The van der Waals surface area contributed by atoms with E-state index in [1.807, 2.05) is 19.1 Å². The van der Waals surface area contributed by atoms with Crippen LogP contribution in [0, 0.1) is 6.92 Å². The number of nitrogens with one attached hydrogen (secondary N) is 1. The average Bonchev–Trinajstić information content (AvgIpc) is 3.02. The van der Waals surface area contributed by atoms with Crippen molar-refractivity contribution in [2.75, 3.05) is 45.3 Å². The molecule has 0 radical (unpaired) electrons. The molecule has 0 bridgehead atoms. The molecule has 1 aromatic carbocycles. The first-order valence-electron chi connectivity index (χ1n) is 7.76. The van der Waals surface area contributed by atoms with Gasteiger partial charge in [0.25, 0.3) is 0 Å². The van der Waals surface area contributed by atoms with Crippen LogP contribution in [-0.2, 0) is 4.74 Å². The number of ether oxygens (including phenoxy) is 2. The molecular formula is C16H22N4O2S. The van der Waals surface area contributed by atoms with E-state index in [2.05, 4.69) is 31.7 Å². The number of hydrogen-bond acceptors (Lipinski definition) is 7. The Morgan fingerprint density at radius 3 is 2.65 bits per heavy atom. The molecule has 1 atom stereocenters. The van der Waals surface area contributed by atoms with E-state index in [0.29, 0.717) is 0 Å². The van der Waals surface area contributed by atoms with E-state index in [4.69, 9.17) is 9.47 Å². The average molecular weight is 334 g/mol. The number of aryl methyl sites for hydroxylation is 1. The first kappa shape index (κ1) is 16.2. The number of rotatable bonds is 6. The minimum absolute atomic E-state index is 0.272. The first-order chi connectivity index (χ1) is 11.3. The van der Waals surface area contributed by atoms with Gasteiger partial charge >= 0.3 is 0 Å². The van der Waals surface area contributed by atoms with Gasteiger partial charge in [0.05, 0.1) is 26.4 Å². The second kappa shape index (κ2) is 7.72. The van der Waals surface area contributed by atoms with Gasteiger partial charge in [0, 0.05) is 31.2 Å². The maximum Gasteiger partial charge on any atom is 0.202 e. The van der Waals surface area contributed by atoms with E-state index in [1.165, 1.54) is 17.1 Å². The molecule has 1 aliphatic heterocycles. The summed E-state index contributed by atoms with van der Waals surface area (Å²) in [6.07, 6.45) is 0. The van der Waals surface area contributed by atoms with Gasteiger partial charge in [-0.3, -0.25) is 4.90 Å². The second-order valence-corrected chi connectivity index (χ2v) is 6.22. The molecular weight excluding hydrogens is 312 g/mol. The molecule has 2 heterocycles. The Morgan fingerprint density at radius 1 is 1.30 bits per heavy atom. The van der Waals surface area contributed by atoms with E-state index >= 15 is 0 Å². The van der Waals surface area contributed by atoms with Crippen LogP contribution in [0.1, 0.15) is 17.4 Å². The fourth-order valence-corrected chi connectivity index (χ4v) is 3.31. The number of aromatic nitrogens is 2. The third kappa shape index (κ3) is 4.19. The van der Waals surface area contributed by atoms with Crippen LogP contribution in [0.25, 0.3) is 0 Å². The zero-order valence-electron chi connectivity index (χ0n) is 13.5. The highest BCUT2D eigenvalue weighted by Gasteiger charge is 2.23. The summed E-state index contributed by atoms with van der Waals surface area (Å²) in [4.78, 5) is 6.83. The van der Waals surface area contributed by atoms with Crippen LogP contribution in [0.2, 0.25) is 0 Å². The van der Waals surface area contributed by atoms with Crippen molar-refractivity contribution in [2.24, 2.45) is 0 Å². The Morgan fingerprint density at radius 2 is 2.04 bits per heavy atom. The molecule has 1 fully saturated rings. The summed E-state index contributed by atoms with van der Waals surface area (Å²) in [5.41, 5.74) is 1.27. The van der Waals surface area contributed by atoms with Crippen molar-refractivity contribution in [1.82, 2.24) is 14.3 Å². The summed E-state index contributed by atoms with van der Waals surface area (Å²) in [6.45, 7) is 6.14. The summed E-state index contributed by atoms with van der Waals surface area (Å²) in [6, 6.07) is 8.56. The molecule has 1 aromatic heterocycles. The summed E-state index contributed by atoms with van der Waals surface area (Å²) in [5, 5.41) is 4.29. The number of nitrogens with zero attached hydrogens (tertiary/aromatic N) is 3. The minimum atomic E-state index is 0.272. The van der Waals surface area contributed by atoms with Crippen LogP contribution >= 0.6 is 11.5 Å². The number of hydrogen-bond donors (Lipinski definition) is 1. The van der Waals surface area contributed by atoms with E-state index in [9.17, 15) is 0 Å². The maximum atomic E-state index is 5.49. The van der Waals surface area contributed by atoms with E-state index in [0.717, 1.165) is 49.6 Å². The van der Waals surface area contributed by atoms with E-state index < -0.39 is 0 Å². The number of methoxy groups -OCH3 is 1. The van der Waals surface area contributed by atoms with Crippen molar-refractivity contribution < 1.29 is 9.47 Å². The second-order valence-electron chi connectivity index (χ2n) is 5.46. The Labute approximate surface area is 140 Å². The molecule has 0 spiro atoms. The van der Waals surface area contributed by atoms with Gasteiger partial charge in [-0.2, -0.15) is 4.37 Å². The predicted molar refractivity (Wildman–Crippen MR) is 91.3 cm³/mol. The molecule has 2 aromatic rings. The zero-order chi connectivity index (χ0) is 16.1. The van der Waals surface area contributed by atoms with Gasteiger partial charge in [-0.15, -0.1) is 0 Å². The Hall–Kier alpha value is -1.70. The van der Waals surface area contributed by atoms with Crippen LogP contribution in [0.15, 0.2) is 24.3 Å². The van der Waals surface area contributed by atoms with Crippen LogP contribution in [-0.4, -0.2) is 54.2 Å². The van der Waals surface area contributed by atoms with Crippen LogP contribution < -0.4 is 10.1 Å². The van der Waals surface area contributed by atoms with Gasteiger partial charge in [0.15, 0.2) is 0 Å². The highest BCUT2D eigenvalue weighted by molar-refractivity contribution is 7.09. The smallest absolute Gasteiger partial charge is 0.202 e. The molecule has 1 N–H and O–H groups in total. The molecule has 0 unspecified atom stereocenters. The van der Waals surface area contributed by atoms with Crippen molar-refractivity contribution >= 4 is 16.7 Å². The fourth-order valence-electron chi connectivity index (χ4n) is 2.73. The van der Waals surface area contributed by atoms with Gasteiger partial charge in [-0.1, -0.05) is 12.1 Å². The molecule has 0 saturated carbocycles. The largest absolute Gasteiger partial charge is 0.497 e. The lowest BCUT2D eigenvalue weighted by molar-refractivity contribution is 0.0187. The van der Waals surface area contributed by atoms with Gasteiger partial charge in [0.1, 0.15) is 11.6 Å². The lowest BCUT2D eigenvalue weighted by Crippen LogP contribution is -2.41. The van der Waals surface area contributed by atoms with Gasteiger partial charge in [-0.25, -0.2) is 4.98 Å². The van der Waals surface area contributed by atoms with E-state index in [1.54, 1.807) is 7.11 Å². The molecule has 3 rings (SSSR count). The Kier molecular flexibility index (Phi) is 5.43. The summed E-state index contributed by atoms with van der Waals surface area (Å²) < 4.78 is 15.0. The third-order valence-electron chi connectivity index (χ3n) is 3.96. The minimum Gasteiger partial charge on any atom is -0.497 e. The predicted octanol–water partition coefficient (Wildman–Crippen LogP) is 2.34. The Balaban J connectivity index is 1.74. The zero-order valence-corrected chi connectivity index (χ0v) is 14.3. The highest BCUT2D eigenvalue weighted by Crippen LogP contribution is 2.25. The van der Waals surface area contributed by atoms with Crippen LogP contribution in [0.4, 0.5) is 5.13 Å². The quantitative estimate of drug-likeness (QED) is 0.875. The van der Waals surface area contributed by atoms with Crippen molar-refractivity contribution in [3.63, 3.8) is 0 Å². The fraction of sp³-hybridized carbons (Fsp3) is 0.500. The molecule has 1 saturated heterocycles. The van der Waals surface area contributed by atoms with Crippen molar-refractivity contribution in [1.29, 1.82) is 0 Å². The molecule has 6 nitrogen and oxygen atoms in total. The lowest BCUT2D eigenvalue weighted by Gasteiger charge is -2.34. The van der Waals surface area contributed by atoms with Crippen LogP contribution in [0.5, 0.6) is 5.75 Å². The standard InChI is InChI=1S/C16H22N4O2S/c1-12-18-16(23-19-12)17-11-15(20-7-9-22-10-8-20)13-3-5-14(21-2)6-4-13/h3-6,15H,7-11H2,1-2H3,(H,17,18,19)/t15-/m1/s1. The van der Waals surface area contributed by atoms with Gasteiger partial charge < -0.3 is 14.8 Å². The van der Waals surface area contributed by atoms with Crippen molar-refractivity contribution in [2.45, 2.75) is 13.0 Å². The molecule has 23 heavy (non-hydrogen) atoms. The molecule has 0 amide bonds. The van der Waals surface area contributed by atoms with Crippen LogP contribution in [0.3, 0.4) is 0 Å². The summed E-state index contributed by atoms with van der Waals surface area (Å²) in [7, 11) is 1.69. The first-order valence-corrected chi connectivity index (χ1v) is 8.53. The monoisotopic (exact) mass is 334 g/mol.